The summed E-state index contributed by atoms with van der Waals surface area (Å²) in [4.78, 5) is 21.6. The van der Waals surface area contributed by atoms with Gasteiger partial charge in [-0.25, -0.2) is 0 Å². The van der Waals surface area contributed by atoms with E-state index in [1.54, 1.807) is 13.0 Å². The minimum atomic E-state index is -0.467. The second-order valence-electron chi connectivity index (χ2n) is 2.98. The van der Waals surface area contributed by atoms with Crippen molar-refractivity contribution in [2.45, 2.75) is 20.8 Å². The molecule has 4 heteroatoms. The van der Waals surface area contributed by atoms with Gasteiger partial charge >= 0.3 is 11.9 Å². The average Bonchev–Trinajstić information content (AvgIpc) is 2.09. The van der Waals surface area contributed by atoms with Gasteiger partial charge < -0.3 is 9.47 Å². The molecule has 0 aliphatic rings. The van der Waals surface area contributed by atoms with Crippen molar-refractivity contribution in [2.75, 3.05) is 0 Å². The summed E-state index contributed by atoms with van der Waals surface area (Å²) in [5, 5.41) is 0. The Kier molecular flexibility index (Phi) is 3.44. The summed E-state index contributed by atoms with van der Waals surface area (Å²) in [7, 11) is 0. The monoisotopic (exact) mass is 207 g/mol. The average molecular weight is 207 g/mol. The summed E-state index contributed by atoms with van der Waals surface area (Å²) >= 11 is 0. The molecule has 1 aromatic rings. The molecule has 79 valence electrons. The van der Waals surface area contributed by atoms with Crippen LogP contribution in [0, 0.1) is 13.0 Å². The zero-order valence-corrected chi connectivity index (χ0v) is 8.79. The highest BCUT2D eigenvalue weighted by molar-refractivity contribution is 5.74. The minimum absolute atomic E-state index is 0.231. The van der Waals surface area contributed by atoms with E-state index in [1.807, 2.05) is 0 Å². The molecule has 0 spiro atoms. The van der Waals surface area contributed by atoms with Gasteiger partial charge in [-0.1, -0.05) is 6.07 Å². The third-order valence-electron chi connectivity index (χ3n) is 1.60. The van der Waals surface area contributed by atoms with E-state index in [2.05, 4.69) is 6.07 Å². The lowest BCUT2D eigenvalue weighted by Gasteiger charge is -2.10. The van der Waals surface area contributed by atoms with Gasteiger partial charge in [-0.05, 0) is 19.1 Å². The van der Waals surface area contributed by atoms with E-state index in [1.165, 1.54) is 19.9 Å². The Balaban J connectivity index is 3.08. The molecule has 0 N–H and O–H groups in total. The molecule has 0 aromatic heterocycles. The first-order valence-electron chi connectivity index (χ1n) is 4.39. The van der Waals surface area contributed by atoms with Crippen LogP contribution in [0.25, 0.3) is 0 Å². The van der Waals surface area contributed by atoms with E-state index in [0.29, 0.717) is 5.56 Å². The Labute approximate surface area is 87.8 Å². The summed E-state index contributed by atoms with van der Waals surface area (Å²) in [5.74, 6) is -0.464. The lowest BCUT2D eigenvalue weighted by Crippen LogP contribution is -2.08. The molecule has 1 aromatic carbocycles. The van der Waals surface area contributed by atoms with Crippen LogP contribution in [0.5, 0.6) is 11.5 Å². The molecule has 0 aliphatic carbocycles. The quantitative estimate of drug-likeness (QED) is 0.546. The van der Waals surface area contributed by atoms with Crippen molar-refractivity contribution in [2.24, 2.45) is 0 Å². The van der Waals surface area contributed by atoms with Gasteiger partial charge in [0.2, 0.25) is 0 Å². The van der Waals surface area contributed by atoms with Gasteiger partial charge in [0, 0.05) is 19.4 Å². The number of esters is 2. The van der Waals surface area contributed by atoms with Crippen LogP contribution in [0.4, 0.5) is 0 Å². The number of benzene rings is 1. The number of carbonyl (C=O) groups is 2. The molecule has 15 heavy (non-hydrogen) atoms. The molecule has 0 atom stereocenters. The van der Waals surface area contributed by atoms with Crippen LogP contribution in [-0.4, -0.2) is 11.9 Å². The highest BCUT2D eigenvalue weighted by Crippen LogP contribution is 2.30. The topological polar surface area (TPSA) is 52.6 Å². The second kappa shape index (κ2) is 4.59. The van der Waals surface area contributed by atoms with E-state index >= 15 is 0 Å². The molecular formula is C11H11O4. The van der Waals surface area contributed by atoms with Gasteiger partial charge in [-0.15, -0.1) is 0 Å². The normalized spacial score (nSPS) is 9.53. The largest absolute Gasteiger partial charge is 0.423 e. The molecule has 1 rings (SSSR count). The van der Waals surface area contributed by atoms with Gasteiger partial charge in [-0.3, -0.25) is 9.59 Å². The van der Waals surface area contributed by atoms with E-state index in [0.717, 1.165) is 0 Å². The van der Waals surface area contributed by atoms with E-state index in [-0.39, 0.29) is 11.5 Å². The number of hydrogen-bond donors (Lipinski definition) is 0. The Morgan fingerprint density at radius 3 is 2.33 bits per heavy atom. The molecule has 0 heterocycles. The Morgan fingerprint density at radius 2 is 1.80 bits per heavy atom. The molecule has 4 nitrogen and oxygen atoms in total. The lowest BCUT2D eigenvalue weighted by atomic mass is 10.2. The molecule has 0 fully saturated rings. The molecule has 0 amide bonds. The SMILES string of the molecule is CC(=O)Oc1cc[c]c(C)c1OC(C)=O. The first-order chi connectivity index (χ1) is 7.00. The van der Waals surface area contributed by atoms with Crippen LogP contribution in [0.15, 0.2) is 12.1 Å². The summed E-state index contributed by atoms with van der Waals surface area (Å²) in [6, 6.07) is 5.97. The zero-order valence-electron chi connectivity index (χ0n) is 8.79. The fourth-order valence-corrected chi connectivity index (χ4v) is 1.07. The van der Waals surface area contributed by atoms with Crippen molar-refractivity contribution in [3.05, 3.63) is 23.8 Å². The fourth-order valence-electron chi connectivity index (χ4n) is 1.07. The van der Waals surface area contributed by atoms with Crippen molar-refractivity contribution in [3.63, 3.8) is 0 Å². The number of carbonyl (C=O) groups excluding carboxylic acids is 2. The summed E-state index contributed by atoms with van der Waals surface area (Å²) in [6.07, 6.45) is 0. The van der Waals surface area contributed by atoms with E-state index < -0.39 is 11.9 Å². The maximum absolute atomic E-state index is 10.8. The standard InChI is InChI=1S/C11H11O4/c1-7-5-4-6-10(14-8(2)12)11(7)15-9(3)13/h4,6H,1-3H3. The molecule has 0 saturated carbocycles. The Hall–Kier alpha value is -1.84. The summed E-state index contributed by atoms with van der Waals surface area (Å²) in [6.45, 7) is 4.28. The van der Waals surface area contributed by atoms with Crippen LogP contribution in [0.3, 0.4) is 0 Å². The van der Waals surface area contributed by atoms with E-state index in [4.69, 9.17) is 9.47 Å². The van der Waals surface area contributed by atoms with Gasteiger partial charge in [-0.2, -0.15) is 0 Å². The first-order valence-corrected chi connectivity index (χ1v) is 4.39. The smallest absolute Gasteiger partial charge is 0.308 e. The van der Waals surface area contributed by atoms with Gasteiger partial charge in [0.25, 0.3) is 0 Å². The van der Waals surface area contributed by atoms with Crippen molar-refractivity contribution < 1.29 is 19.1 Å². The summed E-state index contributed by atoms with van der Waals surface area (Å²) < 4.78 is 9.82. The Bertz CT molecular complexity index is 396. The molecule has 1 radical (unpaired) electrons. The predicted octanol–water partition coefficient (Wildman–Crippen LogP) is 1.65. The first kappa shape index (κ1) is 11.2. The van der Waals surface area contributed by atoms with Crippen LogP contribution in [0.2, 0.25) is 0 Å². The zero-order chi connectivity index (χ0) is 11.4. The second-order valence-corrected chi connectivity index (χ2v) is 2.98. The molecule has 0 saturated heterocycles. The number of aryl methyl sites for hydroxylation is 1. The summed E-state index contributed by atoms with van der Waals surface area (Å²) in [5.41, 5.74) is 0.615. The fraction of sp³-hybridized carbons (Fsp3) is 0.273. The van der Waals surface area contributed by atoms with Crippen LogP contribution >= 0.6 is 0 Å². The van der Waals surface area contributed by atoms with Gasteiger partial charge in [0.05, 0.1) is 0 Å². The van der Waals surface area contributed by atoms with Crippen LogP contribution in [0.1, 0.15) is 19.4 Å². The molecular weight excluding hydrogens is 196 g/mol. The van der Waals surface area contributed by atoms with Crippen molar-refractivity contribution in [1.29, 1.82) is 0 Å². The number of rotatable bonds is 2. The van der Waals surface area contributed by atoms with Crippen molar-refractivity contribution in [3.8, 4) is 11.5 Å². The third-order valence-corrected chi connectivity index (χ3v) is 1.60. The molecule has 0 unspecified atom stereocenters. The maximum atomic E-state index is 10.8. The Morgan fingerprint density at radius 1 is 1.20 bits per heavy atom. The lowest BCUT2D eigenvalue weighted by molar-refractivity contribution is -0.134. The maximum Gasteiger partial charge on any atom is 0.308 e. The van der Waals surface area contributed by atoms with E-state index in [9.17, 15) is 9.59 Å². The van der Waals surface area contributed by atoms with Crippen LogP contribution < -0.4 is 9.47 Å². The van der Waals surface area contributed by atoms with Crippen molar-refractivity contribution in [1.82, 2.24) is 0 Å². The third kappa shape index (κ3) is 3.09. The van der Waals surface area contributed by atoms with Crippen LogP contribution in [-0.2, 0) is 9.59 Å². The highest BCUT2D eigenvalue weighted by atomic mass is 16.6. The van der Waals surface area contributed by atoms with Gasteiger partial charge in [0.1, 0.15) is 0 Å². The predicted molar refractivity (Wildman–Crippen MR) is 52.6 cm³/mol. The number of hydrogen-bond acceptors (Lipinski definition) is 4. The molecule has 0 aliphatic heterocycles. The molecule has 0 bridgehead atoms. The van der Waals surface area contributed by atoms with Gasteiger partial charge in [0.15, 0.2) is 11.5 Å². The number of ether oxygens (including phenoxy) is 2. The van der Waals surface area contributed by atoms with Crippen molar-refractivity contribution >= 4 is 11.9 Å². The highest BCUT2D eigenvalue weighted by Gasteiger charge is 2.12. The minimum Gasteiger partial charge on any atom is -0.423 e.